The van der Waals surface area contributed by atoms with Crippen LogP contribution >= 0.6 is 0 Å². The number of carbonyl (C=O) groups excluding carboxylic acids is 2. The molecule has 0 fully saturated rings. The van der Waals surface area contributed by atoms with Crippen LogP contribution in [0.3, 0.4) is 0 Å². The molecule has 0 aliphatic carbocycles. The first-order valence-electron chi connectivity index (χ1n) is 8.34. The molecule has 0 heterocycles. The molecular formula is C18H34O2. The Labute approximate surface area is 126 Å². The highest BCUT2D eigenvalue weighted by molar-refractivity contribution is 5.72. The summed E-state index contributed by atoms with van der Waals surface area (Å²) in [4.78, 5) is 20.3. The van der Waals surface area contributed by atoms with Gasteiger partial charge in [0.05, 0.1) is 0 Å². The second-order valence-electron chi connectivity index (χ2n) is 5.16. The molecule has 0 bridgehead atoms. The van der Waals surface area contributed by atoms with Crippen molar-refractivity contribution >= 4 is 12.6 Å². The van der Waals surface area contributed by atoms with Crippen LogP contribution in [0.5, 0.6) is 0 Å². The van der Waals surface area contributed by atoms with E-state index in [4.69, 9.17) is 0 Å². The molecule has 2 heteroatoms. The van der Waals surface area contributed by atoms with Crippen LogP contribution in [0.2, 0.25) is 0 Å². The molecule has 0 radical (unpaired) electrons. The Balaban J connectivity index is 0. The van der Waals surface area contributed by atoms with Gasteiger partial charge in [0.1, 0.15) is 12.6 Å². The van der Waals surface area contributed by atoms with Gasteiger partial charge in [-0.2, -0.15) is 0 Å². The zero-order chi connectivity index (χ0) is 15.5. The fraction of sp³-hybridized carbons (Fsp3) is 0.778. The Hall–Kier alpha value is -0.920. The number of rotatable bonds is 12. The maximum Gasteiger partial charge on any atom is 0.145 e. The van der Waals surface area contributed by atoms with E-state index in [1.54, 1.807) is 0 Å². The van der Waals surface area contributed by atoms with Crippen molar-refractivity contribution in [1.82, 2.24) is 0 Å². The number of aldehydes is 2. The van der Waals surface area contributed by atoms with E-state index < -0.39 is 0 Å². The SMILES string of the molecule is CCCCC/C=C(/C=O)CCCC.CCCCCC=O. The van der Waals surface area contributed by atoms with E-state index in [0.717, 1.165) is 50.2 Å². The van der Waals surface area contributed by atoms with Crippen molar-refractivity contribution in [1.29, 1.82) is 0 Å². The summed E-state index contributed by atoms with van der Waals surface area (Å²) in [5, 5.41) is 0. The van der Waals surface area contributed by atoms with Crippen molar-refractivity contribution in [3.8, 4) is 0 Å². The van der Waals surface area contributed by atoms with Crippen LogP contribution in [0.25, 0.3) is 0 Å². The Kier molecular flexibility index (Phi) is 21.8. The van der Waals surface area contributed by atoms with Gasteiger partial charge in [0.15, 0.2) is 0 Å². The molecule has 0 atom stereocenters. The zero-order valence-corrected chi connectivity index (χ0v) is 13.8. The first kappa shape index (κ1) is 21.4. The standard InChI is InChI=1S/C12H22O.C6H12O/c1-3-5-7-8-10-12(11-13)9-6-4-2;1-2-3-4-5-6-7/h10-11H,3-9H2,1-2H3;6H,2-5H2,1H3/b12-10+;. The molecule has 0 N–H and O–H groups in total. The van der Waals surface area contributed by atoms with Gasteiger partial charge in [0.2, 0.25) is 0 Å². The van der Waals surface area contributed by atoms with Gasteiger partial charge >= 0.3 is 0 Å². The second kappa shape index (κ2) is 20.4. The van der Waals surface area contributed by atoms with Crippen LogP contribution in [0, 0.1) is 0 Å². The third-order valence-electron chi connectivity index (χ3n) is 3.11. The molecule has 0 aromatic rings. The Morgan fingerprint density at radius 2 is 1.30 bits per heavy atom. The highest BCUT2D eigenvalue weighted by Gasteiger charge is 1.93. The van der Waals surface area contributed by atoms with Gasteiger partial charge in [-0.25, -0.2) is 0 Å². The van der Waals surface area contributed by atoms with Crippen LogP contribution in [0.15, 0.2) is 11.6 Å². The average Bonchev–Trinajstić information content (AvgIpc) is 2.48. The van der Waals surface area contributed by atoms with Gasteiger partial charge < -0.3 is 4.79 Å². The predicted octanol–water partition coefficient (Wildman–Crippen LogP) is 5.65. The van der Waals surface area contributed by atoms with Crippen molar-refractivity contribution < 1.29 is 9.59 Å². The lowest BCUT2D eigenvalue weighted by atomic mass is 10.1. The van der Waals surface area contributed by atoms with E-state index >= 15 is 0 Å². The minimum atomic E-state index is 0.744. The van der Waals surface area contributed by atoms with E-state index in [-0.39, 0.29) is 0 Å². The lowest BCUT2D eigenvalue weighted by molar-refractivity contribution is -0.108. The molecule has 0 aliphatic heterocycles. The molecule has 0 spiro atoms. The summed E-state index contributed by atoms with van der Waals surface area (Å²) in [5.74, 6) is 0. The normalized spacial score (nSPS) is 10.7. The van der Waals surface area contributed by atoms with Crippen molar-refractivity contribution in [3.63, 3.8) is 0 Å². The fourth-order valence-electron chi connectivity index (χ4n) is 1.75. The lowest BCUT2D eigenvalue weighted by Crippen LogP contribution is -1.85. The van der Waals surface area contributed by atoms with Gasteiger partial charge in [0, 0.05) is 6.42 Å². The quantitative estimate of drug-likeness (QED) is 0.263. The number of hydrogen-bond donors (Lipinski definition) is 0. The fourth-order valence-corrected chi connectivity index (χ4v) is 1.75. The van der Waals surface area contributed by atoms with Gasteiger partial charge in [-0.1, -0.05) is 59.0 Å². The molecule has 0 unspecified atom stereocenters. The molecule has 0 amide bonds. The van der Waals surface area contributed by atoms with E-state index in [1.807, 2.05) is 0 Å². The predicted molar refractivity (Wildman–Crippen MR) is 88.0 cm³/mol. The third-order valence-corrected chi connectivity index (χ3v) is 3.11. The molecule has 2 nitrogen and oxygen atoms in total. The Morgan fingerprint density at radius 3 is 1.75 bits per heavy atom. The zero-order valence-electron chi connectivity index (χ0n) is 13.8. The molecular weight excluding hydrogens is 248 g/mol. The van der Waals surface area contributed by atoms with Crippen molar-refractivity contribution in [2.75, 3.05) is 0 Å². The van der Waals surface area contributed by atoms with Crippen LogP contribution in [0.1, 0.15) is 91.4 Å². The molecule has 0 aromatic heterocycles. The highest BCUT2D eigenvalue weighted by Crippen LogP contribution is 2.08. The Morgan fingerprint density at radius 1 is 0.750 bits per heavy atom. The van der Waals surface area contributed by atoms with Crippen LogP contribution in [-0.2, 0) is 9.59 Å². The summed E-state index contributed by atoms with van der Waals surface area (Å²) in [6, 6.07) is 0. The monoisotopic (exact) mass is 282 g/mol. The number of unbranched alkanes of at least 4 members (excludes halogenated alkanes) is 7. The van der Waals surface area contributed by atoms with E-state index in [2.05, 4.69) is 26.8 Å². The summed E-state index contributed by atoms with van der Waals surface area (Å²) < 4.78 is 0. The molecule has 20 heavy (non-hydrogen) atoms. The van der Waals surface area contributed by atoms with Crippen molar-refractivity contribution in [2.45, 2.75) is 91.4 Å². The minimum Gasteiger partial charge on any atom is -0.303 e. The van der Waals surface area contributed by atoms with Gasteiger partial charge in [-0.15, -0.1) is 0 Å². The molecule has 0 rings (SSSR count). The number of allylic oxidation sites excluding steroid dienone is 2. The summed E-state index contributed by atoms with van der Waals surface area (Å²) in [6.07, 6.45) is 16.4. The maximum absolute atomic E-state index is 10.6. The first-order chi connectivity index (χ1) is 9.76. The molecule has 118 valence electrons. The summed E-state index contributed by atoms with van der Waals surface area (Å²) >= 11 is 0. The molecule has 0 saturated carbocycles. The maximum atomic E-state index is 10.6. The minimum absolute atomic E-state index is 0.744. The van der Waals surface area contributed by atoms with E-state index in [1.165, 1.54) is 38.5 Å². The van der Waals surface area contributed by atoms with Crippen LogP contribution in [0.4, 0.5) is 0 Å². The summed E-state index contributed by atoms with van der Waals surface area (Å²) in [7, 11) is 0. The smallest absolute Gasteiger partial charge is 0.145 e. The lowest BCUT2D eigenvalue weighted by Gasteiger charge is -1.98. The molecule has 0 aromatic carbocycles. The number of hydrogen-bond acceptors (Lipinski definition) is 2. The van der Waals surface area contributed by atoms with Crippen molar-refractivity contribution in [3.05, 3.63) is 11.6 Å². The van der Waals surface area contributed by atoms with Crippen molar-refractivity contribution in [2.24, 2.45) is 0 Å². The first-order valence-corrected chi connectivity index (χ1v) is 8.34. The van der Waals surface area contributed by atoms with Gasteiger partial charge in [0.25, 0.3) is 0 Å². The molecule has 0 saturated heterocycles. The Bertz CT molecular complexity index is 232. The van der Waals surface area contributed by atoms with Crippen LogP contribution in [-0.4, -0.2) is 12.6 Å². The highest BCUT2D eigenvalue weighted by atomic mass is 16.1. The topological polar surface area (TPSA) is 34.1 Å². The largest absolute Gasteiger partial charge is 0.303 e. The molecule has 0 aliphatic rings. The summed E-state index contributed by atoms with van der Waals surface area (Å²) in [6.45, 7) is 6.48. The van der Waals surface area contributed by atoms with E-state index in [9.17, 15) is 9.59 Å². The van der Waals surface area contributed by atoms with E-state index in [0.29, 0.717) is 0 Å². The summed E-state index contributed by atoms with van der Waals surface area (Å²) in [5.41, 5.74) is 0.998. The van der Waals surface area contributed by atoms with Crippen LogP contribution < -0.4 is 0 Å². The van der Waals surface area contributed by atoms with Gasteiger partial charge in [-0.3, -0.25) is 4.79 Å². The third kappa shape index (κ3) is 19.4. The number of carbonyl (C=O) groups is 2. The van der Waals surface area contributed by atoms with Gasteiger partial charge in [-0.05, 0) is 37.7 Å². The second-order valence-corrected chi connectivity index (χ2v) is 5.16. The average molecular weight is 282 g/mol.